The van der Waals surface area contributed by atoms with Crippen molar-refractivity contribution in [3.63, 3.8) is 0 Å². The first kappa shape index (κ1) is 16.8. The summed E-state index contributed by atoms with van der Waals surface area (Å²) in [6.45, 7) is 1.82. The Labute approximate surface area is 144 Å². The van der Waals surface area contributed by atoms with Gasteiger partial charge in [0.15, 0.2) is 0 Å². The Bertz CT molecular complexity index is 755. The molecule has 0 aliphatic rings. The molecule has 0 heterocycles. The zero-order valence-corrected chi connectivity index (χ0v) is 14.5. The summed E-state index contributed by atoms with van der Waals surface area (Å²) in [4.78, 5) is 22.5. The molecule has 0 saturated heterocycles. The molecular weight excluding hydrogens is 392 g/mol. The molecule has 114 valence electrons. The fourth-order valence-corrected chi connectivity index (χ4v) is 3.53. The van der Waals surface area contributed by atoms with Gasteiger partial charge in [0, 0.05) is 10.5 Å². The maximum absolute atomic E-state index is 11.2. The average molecular weight is 402 g/mol. The second-order valence-electron chi connectivity index (χ2n) is 4.30. The van der Waals surface area contributed by atoms with E-state index >= 15 is 0 Å². The van der Waals surface area contributed by atoms with Gasteiger partial charge in [-0.05, 0) is 30.7 Å². The molecule has 2 rings (SSSR count). The highest BCUT2D eigenvalue weighted by Crippen LogP contribution is 2.43. The van der Waals surface area contributed by atoms with E-state index in [-0.39, 0.29) is 5.69 Å². The van der Waals surface area contributed by atoms with E-state index in [4.69, 9.17) is 11.6 Å². The van der Waals surface area contributed by atoms with Crippen molar-refractivity contribution < 1.29 is 9.72 Å². The zero-order chi connectivity index (χ0) is 16.3. The number of nitro groups is 1. The Kier molecular flexibility index (Phi) is 5.44. The molecule has 0 saturated carbocycles. The van der Waals surface area contributed by atoms with Gasteiger partial charge in [0.05, 0.1) is 25.4 Å². The second-order valence-corrected chi connectivity index (χ2v) is 6.68. The van der Waals surface area contributed by atoms with Crippen LogP contribution < -0.4 is 5.32 Å². The third-order valence-corrected chi connectivity index (χ3v) is 4.96. The molecule has 0 atom stereocenters. The number of rotatable bonds is 5. The van der Waals surface area contributed by atoms with Crippen molar-refractivity contribution in [3.8, 4) is 0 Å². The van der Waals surface area contributed by atoms with E-state index in [0.29, 0.717) is 31.4 Å². The molecule has 0 unspecified atom stereocenters. The lowest BCUT2D eigenvalue weighted by Gasteiger charge is -2.13. The van der Waals surface area contributed by atoms with Crippen molar-refractivity contribution in [2.75, 3.05) is 5.32 Å². The highest BCUT2D eigenvalue weighted by atomic mass is 79.9. The minimum atomic E-state index is -0.455. The van der Waals surface area contributed by atoms with Crippen LogP contribution in [0.3, 0.4) is 0 Å². The molecule has 0 fully saturated rings. The van der Waals surface area contributed by atoms with Gasteiger partial charge >= 0.3 is 0 Å². The van der Waals surface area contributed by atoms with Gasteiger partial charge in [-0.15, -0.1) is 0 Å². The summed E-state index contributed by atoms with van der Waals surface area (Å²) < 4.78 is 0.616. The van der Waals surface area contributed by atoms with Gasteiger partial charge in [0.2, 0.25) is 6.41 Å². The van der Waals surface area contributed by atoms with Crippen molar-refractivity contribution in [1.82, 2.24) is 0 Å². The first-order valence-electron chi connectivity index (χ1n) is 6.05. The van der Waals surface area contributed by atoms with Gasteiger partial charge in [-0.2, -0.15) is 0 Å². The molecule has 0 radical (unpaired) electrons. The van der Waals surface area contributed by atoms with Crippen LogP contribution in [0.1, 0.15) is 5.56 Å². The number of aryl methyl sites for hydroxylation is 1. The third kappa shape index (κ3) is 3.60. The molecule has 1 amide bonds. The van der Waals surface area contributed by atoms with E-state index in [2.05, 4.69) is 21.2 Å². The van der Waals surface area contributed by atoms with E-state index in [9.17, 15) is 14.9 Å². The van der Waals surface area contributed by atoms with Gasteiger partial charge in [-0.1, -0.05) is 45.4 Å². The number of hydrogen-bond acceptors (Lipinski definition) is 4. The van der Waals surface area contributed by atoms with Gasteiger partial charge in [0.25, 0.3) is 5.69 Å². The van der Waals surface area contributed by atoms with E-state index in [0.717, 1.165) is 17.3 Å². The van der Waals surface area contributed by atoms with Crippen LogP contribution in [0.15, 0.2) is 44.6 Å². The zero-order valence-electron chi connectivity index (χ0n) is 11.3. The lowest BCUT2D eigenvalue weighted by molar-refractivity contribution is -0.387. The molecule has 1 N–H and O–H groups in total. The SMILES string of the molecule is Cc1ccc(Cl)c(Sc2ccc(Br)cc2[N+](=O)[O-])c1NC=O. The Morgan fingerprint density at radius 3 is 2.73 bits per heavy atom. The van der Waals surface area contributed by atoms with Gasteiger partial charge in [-0.3, -0.25) is 14.9 Å². The number of carbonyl (C=O) groups excluding carboxylic acids is 1. The van der Waals surface area contributed by atoms with Crippen LogP contribution in [0.4, 0.5) is 11.4 Å². The molecule has 0 aliphatic carbocycles. The summed E-state index contributed by atoms with van der Waals surface area (Å²) in [5.41, 5.74) is 1.33. The maximum Gasteiger partial charge on any atom is 0.284 e. The Morgan fingerprint density at radius 1 is 1.36 bits per heavy atom. The maximum atomic E-state index is 11.2. The normalized spacial score (nSPS) is 10.3. The van der Waals surface area contributed by atoms with Crippen LogP contribution in [0.5, 0.6) is 0 Å². The number of halogens is 2. The van der Waals surface area contributed by atoms with Crippen molar-refractivity contribution in [1.29, 1.82) is 0 Å². The fraction of sp³-hybridized carbons (Fsp3) is 0.0714. The van der Waals surface area contributed by atoms with E-state index < -0.39 is 4.92 Å². The van der Waals surface area contributed by atoms with Crippen molar-refractivity contribution in [3.05, 3.63) is 55.5 Å². The van der Waals surface area contributed by atoms with E-state index in [1.807, 2.05) is 6.92 Å². The van der Waals surface area contributed by atoms with E-state index in [1.54, 1.807) is 24.3 Å². The number of carbonyl (C=O) groups is 1. The molecule has 5 nitrogen and oxygen atoms in total. The Balaban J connectivity index is 2.54. The van der Waals surface area contributed by atoms with Crippen molar-refractivity contribution in [2.24, 2.45) is 0 Å². The summed E-state index contributed by atoms with van der Waals surface area (Å²) in [5.74, 6) is 0. The van der Waals surface area contributed by atoms with Crippen molar-refractivity contribution in [2.45, 2.75) is 16.7 Å². The predicted octanol–water partition coefficient (Wildman–Crippen LogP) is 5.04. The van der Waals surface area contributed by atoms with Crippen LogP contribution in [-0.4, -0.2) is 11.3 Å². The topological polar surface area (TPSA) is 72.2 Å². The summed E-state index contributed by atoms with van der Waals surface area (Å²) in [5, 5.41) is 14.2. The quantitative estimate of drug-likeness (QED) is 0.433. The molecule has 0 aliphatic heterocycles. The first-order valence-corrected chi connectivity index (χ1v) is 8.04. The lowest BCUT2D eigenvalue weighted by atomic mass is 10.2. The van der Waals surface area contributed by atoms with Gasteiger partial charge in [0.1, 0.15) is 0 Å². The van der Waals surface area contributed by atoms with Crippen LogP contribution in [-0.2, 0) is 4.79 Å². The minimum absolute atomic E-state index is 0.0333. The monoisotopic (exact) mass is 400 g/mol. The number of benzene rings is 2. The highest BCUT2D eigenvalue weighted by molar-refractivity contribution is 9.10. The summed E-state index contributed by atoms with van der Waals surface area (Å²) in [6.07, 6.45) is 0.554. The lowest BCUT2D eigenvalue weighted by Crippen LogP contribution is -1.99. The molecule has 22 heavy (non-hydrogen) atoms. The second kappa shape index (κ2) is 7.13. The number of nitro benzene ring substituents is 1. The molecular formula is C14H10BrClN2O3S. The summed E-state index contributed by atoms with van der Waals surface area (Å²) >= 11 is 10.6. The van der Waals surface area contributed by atoms with Crippen LogP contribution in [0.25, 0.3) is 0 Å². The van der Waals surface area contributed by atoms with Crippen LogP contribution >= 0.6 is 39.3 Å². The number of nitrogens with one attached hydrogen (secondary N) is 1. The molecule has 2 aromatic carbocycles. The van der Waals surface area contributed by atoms with Gasteiger partial charge < -0.3 is 5.32 Å². The molecule has 0 bridgehead atoms. The summed E-state index contributed by atoms with van der Waals surface area (Å²) in [7, 11) is 0. The smallest absolute Gasteiger partial charge is 0.284 e. The van der Waals surface area contributed by atoms with E-state index in [1.165, 1.54) is 6.07 Å². The molecule has 0 aromatic heterocycles. The van der Waals surface area contributed by atoms with Gasteiger partial charge in [-0.25, -0.2) is 0 Å². The minimum Gasteiger partial charge on any atom is -0.327 e. The van der Waals surface area contributed by atoms with Crippen LogP contribution in [0.2, 0.25) is 5.02 Å². The standard InChI is InChI=1S/C14H10BrClN2O3S/c1-8-2-4-10(16)14(13(8)17-7-19)22-12-5-3-9(15)6-11(12)18(20)21/h2-7H,1H3,(H,17,19). The largest absolute Gasteiger partial charge is 0.327 e. The average Bonchev–Trinajstić information content (AvgIpc) is 2.47. The predicted molar refractivity (Wildman–Crippen MR) is 90.8 cm³/mol. The third-order valence-electron chi connectivity index (χ3n) is 2.85. The fourth-order valence-electron chi connectivity index (χ4n) is 1.82. The summed E-state index contributed by atoms with van der Waals surface area (Å²) in [6, 6.07) is 8.25. The Morgan fingerprint density at radius 2 is 2.09 bits per heavy atom. The Hall–Kier alpha value is -1.57. The first-order chi connectivity index (χ1) is 10.4. The van der Waals surface area contributed by atoms with Crippen molar-refractivity contribution >= 4 is 57.1 Å². The molecule has 0 spiro atoms. The molecule has 8 heteroatoms. The highest BCUT2D eigenvalue weighted by Gasteiger charge is 2.19. The number of anilines is 1. The van der Waals surface area contributed by atoms with Crippen LogP contribution in [0, 0.1) is 17.0 Å². The number of nitrogens with zero attached hydrogens (tertiary/aromatic N) is 1. The molecule has 2 aromatic rings. The number of hydrogen-bond donors (Lipinski definition) is 1. The number of amides is 1.